The third-order valence-electron chi connectivity index (χ3n) is 2.80. The molecule has 0 saturated heterocycles. The van der Waals surface area contributed by atoms with Crippen molar-refractivity contribution in [1.29, 1.82) is 0 Å². The molecule has 0 fully saturated rings. The van der Waals surface area contributed by atoms with Gasteiger partial charge in [-0.3, -0.25) is 0 Å². The third-order valence-corrected chi connectivity index (χ3v) is 5.08. The number of thioether (sulfide) groups is 1. The fraction of sp³-hybridized carbons (Fsp3) is 0.250. The van der Waals surface area contributed by atoms with Crippen LogP contribution in [-0.4, -0.2) is 30.8 Å². The maximum atomic E-state index is 11.4. The number of hydrogen-bond acceptors (Lipinski definition) is 4. The first-order chi connectivity index (χ1) is 8.62. The van der Waals surface area contributed by atoms with Crippen LogP contribution in [0.25, 0.3) is 0 Å². The van der Waals surface area contributed by atoms with Crippen LogP contribution in [0.2, 0.25) is 0 Å². The van der Waals surface area contributed by atoms with Gasteiger partial charge in [0.15, 0.2) is 5.17 Å². The molecular formula is C12H12N2O2S2. The van der Waals surface area contributed by atoms with E-state index in [1.807, 2.05) is 29.3 Å². The van der Waals surface area contributed by atoms with Gasteiger partial charge in [-0.25, -0.2) is 8.42 Å². The summed E-state index contributed by atoms with van der Waals surface area (Å²) < 4.78 is 26.6. The van der Waals surface area contributed by atoms with Gasteiger partial charge in [0, 0.05) is 24.1 Å². The Kier molecular flexibility index (Phi) is 2.91. The van der Waals surface area contributed by atoms with Crippen molar-refractivity contribution in [2.24, 2.45) is 4.40 Å². The quantitative estimate of drug-likeness (QED) is 0.829. The number of benzene rings is 1. The van der Waals surface area contributed by atoms with Crippen molar-refractivity contribution < 1.29 is 8.42 Å². The maximum absolute atomic E-state index is 11.4. The van der Waals surface area contributed by atoms with Crippen LogP contribution >= 0.6 is 11.8 Å². The van der Waals surface area contributed by atoms with Crippen LogP contribution in [0.3, 0.4) is 0 Å². The molecule has 2 aliphatic heterocycles. The molecule has 3 rings (SSSR count). The molecule has 0 atom stereocenters. The monoisotopic (exact) mass is 280 g/mol. The molecule has 0 amide bonds. The summed E-state index contributed by atoms with van der Waals surface area (Å²) in [5.41, 5.74) is 1.22. The van der Waals surface area contributed by atoms with E-state index in [1.54, 1.807) is 0 Å². The summed E-state index contributed by atoms with van der Waals surface area (Å²) in [4.78, 5) is 3.06. The van der Waals surface area contributed by atoms with Gasteiger partial charge in [0.05, 0.1) is 5.75 Å². The number of allylic oxidation sites excluding steroid dienone is 1. The highest BCUT2D eigenvalue weighted by atomic mass is 32.2. The van der Waals surface area contributed by atoms with Crippen LogP contribution < -0.4 is 0 Å². The zero-order valence-corrected chi connectivity index (χ0v) is 11.2. The third kappa shape index (κ3) is 2.44. The van der Waals surface area contributed by atoms with E-state index < -0.39 is 10.0 Å². The SMILES string of the molecule is O=S1(=O)CCN2C=C(Cc3ccccc3)SC2=N1. The van der Waals surface area contributed by atoms with Gasteiger partial charge >= 0.3 is 0 Å². The molecule has 0 saturated carbocycles. The first kappa shape index (κ1) is 11.8. The van der Waals surface area contributed by atoms with Crippen molar-refractivity contribution in [3.05, 3.63) is 47.0 Å². The molecule has 2 heterocycles. The number of sulfonamides is 1. The van der Waals surface area contributed by atoms with E-state index in [2.05, 4.69) is 16.5 Å². The van der Waals surface area contributed by atoms with E-state index in [-0.39, 0.29) is 5.75 Å². The normalized spacial score (nSPS) is 21.2. The Morgan fingerprint density at radius 3 is 2.83 bits per heavy atom. The lowest BCUT2D eigenvalue weighted by Crippen LogP contribution is -2.31. The molecule has 0 bridgehead atoms. The Balaban J connectivity index is 1.79. The molecule has 0 unspecified atom stereocenters. The largest absolute Gasteiger partial charge is 0.325 e. The van der Waals surface area contributed by atoms with Crippen molar-refractivity contribution in [2.45, 2.75) is 6.42 Å². The minimum Gasteiger partial charge on any atom is -0.325 e. The first-order valence-electron chi connectivity index (χ1n) is 5.64. The van der Waals surface area contributed by atoms with Crippen molar-refractivity contribution in [3.8, 4) is 0 Å². The molecule has 0 radical (unpaired) electrons. The highest BCUT2D eigenvalue weighted by Gasteiger charge is 2.28. The molecule has 0 aliphatic carbocycles. The van der Waals surface area contributed by atoms with Gasteiger partial charge in [0.1, 0.15) is 0 Å². The van der Waals surface area contributed by atoms with Crippen LogP contribution in [-0.2, 0) is 16.4 Å². The number of nitrogens with zero attached hydrogens (tertiary/aromatic N) is 2. The minimum atomic E-state index is -3.24. The van der Waals surface area contributed by atoms with E-state index >= 15 is 0 Å². The van der Waals surface area contributed by atoms with Crippen molar-refractivity contribution in [1.82, 2.24) is 4.90 Å². The molecule has 6 heteroatoms. The standard InChI is InChI=1S/C12H12N2O2S2/c15-18(16)7-6-14-9-11(17-12(14)13-18)8-10-4-2-1-3-5-10/h1-5,9H,6-8H2. The van der Waals surface area contributed by atoms with Crippen molar-refractivity contribution in [2.75, 3.05) is 12.3 Å². The van der Waals surface area contributed by atoms with Crippen LogP contribution in [0.15, 0.2) is 45.8 Å². The molecule has 0 N–H and O–H groups in total. The number of fused-ring (bicyclic) bond motifs is 1. The van der Waals surface area contributed by atoms with E-state index in [1.165, 1.54) is 17.3 Å². The Labute approximate surface area is 110 Å². The van der Waals surface area contributed by atoms with Crippen LogP contribution in [0, 0.1) is 0 Å². The Hall–Kier alpha value is -1.27. The predicted molar refractivity (Wildman–Crippen MR) is 73.7 cm³/mol. The van der Waals surface area contributed by atoms with Crippen molar-refractivity contribution in [3.63, 3.8) is 0 Å². The zero-order chi connectivity index (χ0) is 12.6. The summed E-state index contributed by atoms with van der Waals surface area (Å²) in [6.07, 6.45) is 2.83. The van der Waals surface area contributed by atoms with Gasteiger partial charge in [-0.2, -0.15) is 0 Å². The summed E-state index contributed by atoms with van der Waals surface area (Å²) >= 11 is 1.45. The highest BCUT2D eigenvalue weighted by Crippen LogP contribution is 2.33. The number of rotatable bonds is 2. The summed E-state index contributed by atoms with van der Waals surface area (Å²) in [5.74, 6) is 0.103. The van der Waals surface area contributed by atoms with Gasteiger partial charge in [-0.15, -0.1) is 4.40 Å². The summed E-state index contributed by atoms with van der Waals surface area (Å²) in [6, 6.07) is 10.1. The lowest BCUT2D eigenvalue weighted by atomic mass is 10.1. The van der Waals surface area contributed by atoms with Gasteiger partial charge in [-0.05, 0) is 5.56 Å². The fourth-order valence-corrected chi connectivity index (χ4v) is 4.19. The summed E-state index contributed by atoms with van der Waals surface area (Å²) in [7, 11) is -3.24. The summed E-state index contributed by atoms with van der Waals surface area (Å²) in [6.45, 7) is 0.506. The molecule has 18 heavy (non-hydrogen) atoms. The molecule has 0 aromatic heterocycles. The lowest BCUT2D eigenvalue weighted by Gasteiger charge is -2.19. The molecule has 94 valence electrons. The smallest absolute Gasteiger partial charge is 0.257 e. The van der Waals surface area contributed by atoms with E-state index in [0.29, 0.717) is 11.7 Å². The number of amidine groups is 1. The van der Waals surface area contributed by atoms with Gasteiger partial charge < -0.3 is 4.90 Å². The first-order valence-corrected chi connectivity index (χ1v) is 8.07. The van der Waals surface area contributed by atoms with Gasteiger partial charge in [-0.1, -0.05) is 42.1 Å². The topological polar surface area (TPSA) is 49.7 Å². The molecule has 0 spiro atoms. The zero-order valence-electron chi connectivity index (χ0n) is 9.61. The summed E-state index contributed by atoms with van der Waals surface area (Å²) in [5, 5.41) is 0.590. The molecule has 1 aromatic carbocycles. The van der Waals surface area contributed by atoms with Crippen molar-refractivity contribution >= 4 is 27.0 Å². The maximum Gasteiger partial charge on any atom is 0.257 e. The second-order valence-corrected chi connectivity index (χ2v) is 7.06. The number of hydrogen-bond donors (Lipinski definition) is 0. The molecule has 4 nitrogen and oxygen atoms in total. The second-order valence-electron chi connectivity index (χ2n) is 4.21. The Bertz CT molecular complexity index is 621. The van der Waals surface area contributed by atoms with E-state index in [4.69, 9.17) is 0 Å². The van der Waals surface area contributed by atoms with E-state index in [9.17, 15) is 8.42 Å². The molecule has 2 aliphatic rings. The minimum absolute atomic E-state index is 0.103. The van der Waals surface area contributed by atoms with Gasteiger partial charge in [0.2, 0.25) is 0 Å². The average molecular weight is 280 g/mol. The second kappa shape index (κ2) is 4.44. The van der Waals surface area contributed by atoms with Gasteiger partial charge in [0.25, 0.3) is 10.0 Å². The highest BCUT2D eigenvalue weighted by molar-refractivity contribution is 8.18. The predicted octanol–water partition coefficient (Wildman–Crippen LogP) is 1.82. The Morgan fingerprint density at radius 2 is 2.06 bits per heavy atom. The molecular weight excluding hydrogens is 268 g/mol. The van der Waals surface area contributed by atoms with Crippen LogP contribution in [0.4, 0.5) is 0 Å². The van der Waals surface area contributed by atoms with Crippen LogP contribution in [0.1, 0.15) is 5.56 Å². The fourth-order valence-electron chi connectivity index (χ4n) is 1.92. The Morgan fingerprint density at radius 1 is 1.28 bits per heavy atom. The average Bonchev–Trinajstić information content (AvgIpc) is 2.70. The van der Waals surface area contributed by atoms with Crippen LogP contribution in [0.5, 0.6) is 0 Å². The van der Waals surface area contributed by atoms with E-state index in [0.717, 1.165) is 11.3 Å². The molecule has 1 aromatic rings. The lowest BCUT2D eigenvalue weighted by molar-refractivity contribution is 0.556.